The van der Waals surface area contributed by atoms with Gasteiger partial charge in [0, 0.05) is 24.7 Å². The third-order valence-electron chi connectivity index (χ3n) is 5.81. The number of carbonyl (C=O) groups is 1. The SMILES string of the molecule is O=C1N(C2CC2)CCCC12CCCN2Cc1ccccc1OC(F)F. The molecule has 6 heteroatoms. The molecule has 25 heavy (non-hydrogen) atoms. The zero-order valence-corrected chi connectivity index (χ0v) is 14.3. The number of alkyl halides is 2. The molecule has 4 rings (SSSR count). The lowest BCUT2D eigenvalue weighted by atomic mass is 9.85. The van der Waals surface area contributed by atoms with Gasteiger partial charge in [-0.3, -0.25) is 9.69 Å². The molecule has 2 aliphatic heterocycles. The summed E-state index contributed by atoms with van der Waals surface area (Å²) in [6.07, 6.45) is 5.97. The number of hydrogen-bond donors (Lipinski definition) is 0. The van der Waals surface area contributed by atoms with E-state index >= 15 is 0 Å². The van der Waals surface area contributed by atoms with Gasteiger partial charge in [-0.05, 0) is 51.1 Å². The molecule has 1 unspecified atom stereocenters. The normalized spacial score (nSPS) is 27.5. The Hall–Kier alpha value is -1.69. The number of benzene rings is 1. The monoisotopic (exact) mass is 350 g/mol. The Morgan fingerprint density at radius 3 is 2.60 bits per heavy atom. The van der Waals surface area contributed by atoms with Gasteiger partial charge in [-0.25, -0.2) is 0 Å². The second-order valence-corrected chi connectivity index (χ2v) is 7.38. The van der Waals surface area contributed by atoms with Gasteiger partial charge < -0.3 is 9.64 Å². The number of amides is 1. The van der Waals surface area contributed by atoms with Gasteiger partial charge in [0.15, 0.2) is 0 Å². The number of rotatable bonds is 5. The topological polar surface area (TPSA) is 32.8 Å². The maximum atomic E-state index is 13.2. The number of nitrogens with zero attached hydrogens (tertiary/aromatic N) is 2. The summed E-state index contributed by atoms with van der Waals surface area (Å²) in [5.74, 6) is 0.466. The van der Waals surface area contributed by atoms with E-state index in [1.165, 1.54) is 0 Å². The summed E-state index contributed by atoms with van der Waals surface area (Å²) in [7, 11) is 0. The minimum absolute atomic E-state index is 0.210. The van der Waals surface area contributed by atoms with E-state index in [1.807, 2.05) is 12.1 Å². The van der Waals surface area contributed by atoms with Crippen LogP contribution in [0.2, 0.25) is 0 Å². The molecule has 1 atom stereocenters. The van der Waals surface area contributed by atoms with Gasteiger partial charge in [0.25, 0.3) is 0 Å². The first-order chi connectivity index (χ1) is 12.1. The van der Waals surface area contributed by atoms with Crippen molar-refractivity contribution in [2.75, 3.05) is 13.1 Å². The van der Waals surface area contributed by atoms with E-state index in [2.05, 4.69) is 14.5 Å². The van der Waals surface area contributed by atoms with Crippen LogP contribution in [-0.4, -0.2) is 47.0 Å². The Kier molecular flexibility index (Phi) is 4.40. The molecule has 1 saturated carbocycles. The lowest BCUT2D eigenvalue weighted by Crippen LogP contribution is -2.60. The molecule has 0 aromatic heterocycles. The summed E-state index contributed by atoms with van der Waals surface area (Å²) in [4.78, 5) is 17.5. The van der Waals surface area contributed by atoms with Crippen molar-refractivity contribution in [2.24, 2.45) is 0 Å². The zero-order chi connectivity index (χ0) is 17.4. The van der Waals surface area contributed by atoms with Crippen LogP contribution in [0.3, 0.4) is 0 Å². The third-order valence-corrected chi connectivity index (χ3v) is 5.81. The van der Waals surface area contributed by atoms with Crippen LogP contribution in [0.5, 0.6) is 5.75 Å². The summed E-state index contributed by atoms with van der Waals surface area (Å²) in [6, 6.07) is 7.34. The van der Waals surface area contributed by atoms with E-state index in [1.54, 1.807) is 12.1 Å². The minimum Gasteiger partial charge on any atom is -0.434 e. The Bertz CT molecular complexity index is 650. The molecule has 0 bridgehead atoms. The van der Waals surface area contributed by atoms with Crippen LogP contribution >= 0.6 is 0 Å². The van der Waals surface area contributed by atoms with E-state index in [0.29, 0.717) is 12.6 Å². The van der Waals surface area contributed by atoms with Crippen LogP contribution in [0, 0.1) is 0 Å². The Labute approximate surface area is 146 Å². The lowest BCUT2D eigenvalue weighted by Gasteiger charge is -2.45. The van der Waals surface area contributed by atoms with Gasteiger partial charge in [-0.2, -0.15) is 8.78 Å². The zero-order valence-electron chi connectivity index (χ0n) is 14.3. The molecule has 2 heterocycles. The number of likely N-dealkylation sites (tertiary alicyclic amines) is 2. The van der Waals surface area contributed by atoms with E-state index in [0.717, 1.165) is 57.2 Å². The summed E-state index contributed by atoms with van der Waals surface area (Å²) in [5.41, 5.74) is 0.277. The molecular formula is C19H24F2N2O2. The molecule has 1 aromatic carbocycles. The molecule has 1 spiro atoms. The van der Waals surface area contributed by atoms with Crippen molar-refractivity contribution in [3.63, 3.8) is 0 Å². The second-order valence-electron chi connectivity index (χ2n) is 7.38. The highest BCUT2D eigenvalue weighted by atomic mass is 19.3. The van der Waals surface area contributed by atoms with Gasteiger partial charge in [-0.15, -0.1) is 0 Å². The smallest absolute Gasteiger partial charge is 0.387 e. The minimum atomic E-state index is -2.84. The van der Waals surface area contributed by atoms with Crippen LogP contribution in [0.25, 0.3) is 0 Å². The fraction of sp³-hybridized carbons (Fsp3) is 0.632. The molecule has 1 aliphatic carbocycles. The van der Waals surface area contributed by atoms with Crippen LogP contribution in [0.15, 0.2) is 24.3 Å². The maximum absolute atomic E-state index is 13.2. The number of hydrogen-bond acceptors (Lipinski definition) is 3. The van der Waals surface area contributed by atoms with E-state index in [9.17, 15) is 13.6 Å². The Morgan fingerprint density at radius 1 is 1.16 bits per heavy atom. The van der Waals surface area contributed by atoms with Crippen LogP contribution in [0.4, 0.5) is 8.78 Å². The van der Waals surface area contributed by atoms with Crippen molar-refractivity contribution in [1.29, 1.82) is 0 Å². The summed E-state index contributed by atoms with van der Waals surface area (Å²) in [5, 5.41) is 0. The van der Waals surface area contributed by atoms with Crippen molar-refractivity contribution < 1.29 is 18.3 Å². The average Bonchev–Trinajstić information content (AvgIpc) is 3.35. The van der Waals surface area contributed by atoms with Crippen LogP contribution in [-0.2, 0) is 11.3 Å². The van der Waals surface area contributed by atoms with Gasteiger partial charge in [0.05, 0.1) is 0 Å². The molecule has 1 amide bonds. The van der Waals surface area contributed by atoms with Gasteiger partial charge >= 0.3 is 6.61 Å². The molecule has 3 aliphatic rings. The summed E-state index contributed by atoms with van der Waals surface area (Å²) in [6.45, 7) is -0.666. The maximum Gasteiger partial charge on any atom is 0.387 e. The predicted molar refractivity (Wildman–Crippen MR) is 89.4 cm³/mol. The molecule has 2 saturated heterocycles. The Balaban J connectivity index is 1.57. The number of ether oxygens (including phenoxy) is 1. The van der Waals surface area contributed by atoms with Gasteiger partial charge in [0.2, 0.25) is 5.91 Å². The first-order valence-electron chi connectivity index (χ1n) is 9.19. The average molecular weight is 350 g/mol. The molecule has 1 aromatic rings. The molecule has 0 radical (unpaired) electrons. The first kappa shape index (κ1) is 16.8. The quantitative estimate of drug-likeness (QED) is 0.816. The third kappa shape index (κ3) is 3.12. The van der Waals surface area contributed by atoms with Crippen molar-refractivity contribution >= 4 is 5.91 Å². The summed E-state index contributed by atoms with van der Waals surface area (Å²) < 4.78 is 30.0. The fourth-order valence-electron chi connectivity index (χ4n) is 4.49. The largest absolute Gasteiger partial charge is 0.434 e. The highest BCUT2D eigenvalue weighted by molar-refractivity contribution is 5.88. The predicted octanol–water partition coefficient (Wildman–Crippen LogP) is 3.41. The molecule has 136 valence electrons. The highest BCUT2D eigenvalue weighted by Crippen LogP contribution is 2.42. The van der Waals surface area contributed by atoms with E-state index in [-0.39, 0.29) is 11.7 Å². The number of piperidine rings is 1. The Morgan fingerprint density at radius 2 is 1.88 bits per heavy atom. The fourth-order valence-corrected chi connectivity index (χ4v) is 4.49. The van der Waals surface area contributed by atoms with Crippen molar-refractivity contribution in [2.45, 2.75) is 63.3 Å². The van der Waals surface area contributed by atoms with Crippen LogP contribution in [0.1, 0.15) is 44.1 Å². The van der Waals surface area contributed by atoms with Crippen molar-refractivity contribution in [1.82, 2.24) is 9.80 Å². The number of carbonyl (C=O) groups excluding carboxylic acids is 1. The molecular weight excluding hydrogens is 326 g/mol. The van der Waals surface area contributed by atoms with Crippen LogP contribution < -0.4 is 4.74 Å². The van der Waals surface area contributed by atoms with Crippen molar-refractivity contribution in [3.8, 4) is 5.75 Å². The van der Waals surface area contributed by atoms with Gasteiger partial charge in [0.1, 0.15) is 11.3 Å². The number of halogens is 2. The molecule has 0 N–H and O–H groups in total. The van der Waals surface area contributed by atoms with E-state index < -0.39 is 12.2 Å². The van der Waals surface area contributed by atoms with Crippen molar-refractivity contribution in [3.05, 3.63) is 29.8 Å². The first-order valence-corrected chi connectivity index (χ1v) is 9.19. The summed E-state index contributed by atoms with van der Waals surface area (Å²) >= 11 is 0. The molecule has 4 nitrogen and oxygen atoms in total. The lowest BCUT2D eigenvalue weighted by molar-refractivity contribution is -0.148. The number of para-hydroxylation sites is 1. The van der Waals surface area contributed by atoms with E-state index in [4.69, 9.17) is 0 Å². The van der Waals surface area contributed by atoms with Gasteiger partial charge in [-0.1, -0.05) is 18.2 Å². The highest BCUT2D eigenvalue weighted by Gasteiger charge is 2.53. The second kappa shape index (κ2) is 6.56. The molecule has 3 fully saturated rings. The standard InChI is InChI=1S/C19H24F2N2O2/c20-18(21)25-16-6-2-1-5-14(16)13-22-11-3-9-19(22)10-4-12-23(17(19)24)15-7-8-15/h1-2,5-6,15,18H,3-4,7-13H2.